The lowest BCUT2D eigenvalue weighted by Crippen LogP contribution is -2.51. The molecule has 0 radical (unpaired) electrons. The van der Waals surface area contributed by atoms with E-state index in [1.165, 1.54) is 17.2 Å². The summed E-state index contributed by atoms with van der Waals surface area (Å²) in [7, 11) is 0. The van der Waals surface area contributed by atoms with Gasteiger partial charge in [-0.2, -0.15) is 18.3 Å². The number of aromatic nitrogens is 2. The molecule has 3 fully saturated rings. The van der Waals surface area contributed by atoms with Crippen LogP contribution in [0.1, 0.15) is 59.6 Å². The normalized spacial score (nSPS) is 23.7. The third kappa shape index (κ3) is 4.20. The van der Waals surface area contributed by atoms with Crippen LogP contribution in [0, 0.1) is 23.5 Å². The maximum atomic E-state index is 14.8. The van der Waals surface area contributed by atoms with Crippen molar-refractivity contribution in [1.82, 2.24) is 20.4 Å². The van der Waals surface area contributed by atoms with E-state index < -0.39 is 47.3 Å². The first-order valence-electron chi connectivity index (χ1n) is 12.3. The third-order valence-electron chi connectivity index (χ3n) is 8.00. The molecule has 1 aliphatic heterocycles. The highest BCUT2D eigenvalue weighted by molar-refractivity contribution is 6.32. The lowest BCUT2D eigenvalue weighted by molar-refractivity contribution is -0.140. The minimum atomic E-state index is -5.05. The molecule has 1 saturated heterocycles. The van der Waals surface area contributed by atoms with Crippen molar-refractivity contribution in [2.24, 2.45) is 11.8 Å². The number of hydrogen-bond acceptors (Lipinski definition) is 3. The number of H-pyrrole nitrogens is 1. The van der Waals surface area contributed by atoms with Crippen LogP contribution >= 0.6 is 11.6 Å². The fourth-order valence-electron chi connectivity index (χ4n) is 5.82. The Hall–Kier alpha value is -3.21. The quantitative estimate of drug-likeness (QED) is 0.394. The first kappa shape index (κ1) is 25.1. The van der Waals surface area contributed by atoms with Crippen LogP contribution in [0.3, 0.4) is 0 Å². The summed E-state index contributed by atoms with van der Waals surface area (Å²) in [6.07, 6.45) is -0.341. The van der Waals surface area contributed by atoms with Gasteiger partial charge in [-0.1, -0.05) is 11.6 Å². The summed E-state index contributed by atoms with van der Waals surface area (Å²) in [6.45, 7) is 0. The van der Waals surface area contributed by atoms with Crippen molar-refractivity contribution >= 4 is 34.3 Å². The van der Waals surface area contributed by atoms with Crippen molar-refractivity contribution in [2.45, 2.75) is 56.4 Å². The molecule has 38 heavy (non-hydrogen) atoms. The zero-order valence-corrected chi connectivity index (χ0v) is 20.5. The first-order valence-corrected chi connectivity index (χ1v) is 12.7. The Kier molecular flexibility index (Phi) is 5.89. The Bertz CT molecular complexity index is 1450. The summed E-state index contributed by atoms with van der Waals surface area (Å²) < 4.78 is 68.4. The molecule has 2 aromatic carbocycles. The number of benzene rings is 2. The molecule has 2 saturated carbocycles. The lowest BCUT2D eigenvalue weighted by atomic mass is 9.80. The van der Waals surface area contributed by atoms with E-state index in [-0.39, 0.29) is 35.1 Å². The summed E-state index contributed by atoms with van der Waals surface area (Å²) in [6, 6.07) is 1.78. The molecule has 6 rings (SSSR count). The van der Waals surface area contributed by atoms with Crippen LogP contribution in [-0.2, 0) is 11.0 Å². The Morgan fingerprint density at radius 1 is 1.08 bits per heavy atom. The molecular weight excluding hydrogens is 531 g/mol. The average Bonchev–Trinajstić information content (AvgIpc) is 3.50. The van der Waals surface area contributed by atoms with Crippen LogP contribution in [0.4, 0.5) is 22.0 Å². The second-order valence-corrected chi connectivity index (χ2v) is 10.8. The van der Waals surface area contributed by atoms with Gasteiger partial charge in [0.05, 0.1) is 28.9 Å². The molecule has 2 amide bonds. The number of fused-ring (bicyclic) bond motifs is 2. The molecule has 1 aromatic heterocycles. The Morgan fingerprint density at radius 2 is 1.84 bits per heavy atom. The highest BCUT2D eigenvalue weighted by Crippen LogP contribution is 2.47. The minimum Gasteiger partial charge on any atom is -0.347 e. The zero-order chi connectivity index (χ0) is 26.9. The van der Waals surface area contributed by atoms with Gasteiger partial charge in [0.1, 0.15) is 17.7 Å². The minimum absolute atomic E-state index is 0.116. The number of carbonyl (C=O) groups excluding carboxylic acids is 2. The number of halogens is 6. The monoisotopic (exact) mass is 552 g/mol. The van der Waals surface area contributed by atoms with E-state index >= 15 is 0 Å². The van der Waals surface area contributed by atoms with Crippen molar-refractivity contribution in [3.63, 3.8) is 0 Å². The number of carbonyl (C=O) groups is 2. The topological polar surface area (TPSA) is 78.1 Å². The highest BCUT2D eigenvalue weighted by Gasteiger charge is 2.52. The summed E-state index contributed by atoms with van der Waals surface area (Å²) >= 11 is 6.23. The van der Waals surface area contributed by atoms with Crippen molar-refractivity contribution in [2.75, 3.05) is 0 Å². The first-order chi connectivity index (χ1) is 18.0. The molecule has 0 spiro atoms. The van der Waals surface area contributed by atoms with Crippen LogP contribution < -0.4 is 5.32 Å². The van der Waals surface area contributed by atoms with Gasteiger partial charge in [-0.25, -0.2) is 8.78 Å². The smallest absolute Gasteiger partial charge is 0.347 e. The molecule has 2 N–H and O–H groups in total. The molecule has 4 atom stereocenters. The predicted molar refractivity (Wildman–Crippen MR) is 127 cm³/mol. The van der Waals surface area contributed by atoms with E-state index in [4.69, 9.17) is 11.6 Å². The number of nitrogens with zero attached hydrogens (tertiary/aromatic N) is 2. The number of aromatic amines is 1. The molecular formula is C26H22ClF5N4O2. The van der Waals surface area contributed by atoms with E-state index in [9.17, 15) is 31.5 Å². The summed E-state index contributed by atoms with van der Waals surface area (Å²) in [5, 5.41) is 10.5. The van der Waals surface area contributed by atoms with Gasteiger partial charge in [0, 0.05) is 22.0 Å². The van der Waals surface area contributed by atoms with Crippen molar-refractivity contribution in [3.05, 3.63) is 63.8 Å². The number of amides is 2. The number of likely N-dealkylation sites (tertiary alicyclic amines) is 1. The second kappa shape index (κ2) is 8.93. The Morgan fingerprint density at radius 3 is 2.50 bits per heavy atom. The van der Waals surface area contributed by atoms with Gasteiger partial charge in [0.25, 0.3) is 5.91 Å². The fourth-order valence-corrected chi connectivity index (χ4v) is 6.05. The van der Waals surface area contributed by atoms with E-state index in [1.807, 2.05) is 0 Å². The van der Waals surface area contributed by atoms with Gasteiger partial charge in [-0.15, -0.1) is 0 Å². The van der Waals surface area contributed by atoms with Crippen LogP contribution in [0.25, 0.3) is 10.9 Å². The van der Waals surface area contributed by atoms with Crippen LogP contribution in [0.5, 0.6) is 0 Å². The number of hydrogen-bond donors (Lipinski definition) is 2. The predicted octanol–water partition coefficient (Wildman–Crippen LogP) is 5.77. The van der Waals surface area contributed by atoms with E-state index in [1.54, 1.807) is 6.07 Å². The van der Waals surface area contributed by atoms with Crippen LogP contribution in [0.2, 0.25) is 5.02 Å². The molecule has 0 unspecified atom stereocenters. The van der Waals surface area contributed by atoms with Crippen molar-refractivity contribution in [1.29, 1.82) is 0 Å². The maximum Gasteiger partial charge on any atom is 0.419 e. The van der Waals surface area contributed by atoms with Gasteiger partial charge < -0.3 is 10.2 Å². The average molecular weight is 553 g/mol. The molecule has 2 aliphatic carbocycles. The third-order valence-corrected chi connectivity index (χ3v) is 8.21. The fraction of sp³-hybridized carbons (Fsp3) is 0.423. The molecule has 0 bridgehead atoms. The van der Waals surface area contributed by atoms with Gasteiger partial charge >= 0.3 is 6.18 Å². The number of nitrogens with one attached hydrogen (secondary N) is 2. The summed E-state index contributed by atoms with van der Waals surface area (Å²) in [5.41, 5.74) is -1.28. The molecule has 3 aliphatic rings. The van der Waals surface area contributed by atoms with E-state index in [0.717, 1.165) is 12.8 Å². The largest absolute Gasteiger partial charge is 0.419 e. The molecule has 12 heteroatoms. The highest BCUT2D eigenvalue weighted by atomic mass is 35.5. The summed E-state index contributed by atoms with van der Waals surface area (Å²) in [4.78, 5) is 28.9. The molecule has 3 aromatic rings. The van der Waals surface area contributed by atoms with Crippen LogP contribution in [-0.4, -0.2) is 39.0 Å². The van der Waals surface area contributed by atoms with E-state index in [0.29, 0.717) is 41.3 Å². The van der Waals surface area contributed by atoms with Crippen molar-refractivity contribution < 1.29 is 31.5 Å². The van der Waals surface area contributed by atoms with E-state index in [2.05, 4.69) is 15.5 Å². The number of rotatable bonds is 5. The molecule has 2 heterocycles. The van der Waals surface area contributed by atoms with Gasteiger partial charge in [-0.3, -0.25) is 14.7 Å². The SMILES string of the molecule is O=C(N[C@@H](c1cc(F)c(C(F)(F)F)cc1F)C1CC1)[C@H]1C[C@H]2CC[C@H]2N1C(=O)c1cc(Cl)cc2cn[nH]c12. The van der Waals surface area contributed by atoms with Gasteiger partial charge in [-0.05, 0) is 68.2 Å². The standard InChI is InChI=1S/C26H22ClF5N4O2/c27-14-5-13-10-33-35-23(13)16(7-14)25(38)36-20-4-3-12(20)6-21(36)24(37)34-22(11-1-2-11)15-8-19(29)17(9-18(15)28)26(30,31)32/h5,7-12,20-22H,1-4,6H2,(H,33,35)(H,34,37)/t12-,20-,21-,22-/m1/s1. The lowest BCUT2D eigenvalue weighted by Gasteiger charge is -2.37. The Balaban J connectivity index is 1.30. The summed E-state index contributed by atoms with van der Waals surface area (Å²) in [5.74, 6) is -3.92. The molecule has 200 valence electrons. The van der Waals surface area contributed by atoms with Gasteiger partial charge in [0.15, 0.2) is 0 Å². The Labute approximate surface area is 218 Å². The zero-order valence-electron chi connectivity index (χ0n) is 19.8. The maximum absolute atomic E-state index is 14.8. The van der Waals surface area contributed by atoms with Crippen LogP contribution in [0.15, 0.2) is 30.5 Å². The van der Waals surface area contributed by atoms with Gasteiger partial charge in [0.2, 0.25) is 5.91 Å². The molecule has 6 nitrogen and oxygen atoms in total. The second-order valence-electron chi connectivity index (χ2n) is 10.3. The number of alkyl halides is 3. The van der Waals surface area contributed by atoms with Crippen molar-refractivity contribution in [3.8, 4) is 0 Å².